The van der Waals surface area contributed by atoms with E-state index >= 15 is 0 Å². The number of aromatic nitrogens is 1. The van der Waals surface area contributed by atoms with Crippen LogP contribution in [0.4, 0.5) is 5.82 Å². The van der Waals surface area contributed by atoms with Gasteiger partial charge in [0, 0.05) is 30.9 Å². The van der Waals surface area contributed by atoms with Gasteiger partial charge in [-0.2, -0.15) is 0 Å². The molecule has 0 bridgehead atoms. The van der Waals surface area contributed by atoms with Crippen molar-refractivity contribution >= 4 is 5.82 Å². The molecule has 0 radical (unpaired) electrons. The Morgan fingerprint density at radius 3 is 3.06 bits per heavy atom. The zero-order valence-electron chi connectivity index (χ0n) is 10.9. The van der Waals surface area contributed by atoms with Gasteiger partial charge in [-0.1, -0.05) is 6.07 Å². The van der Waals surface area contributed by atoms with Crippen LogP contribution < -0.4 is 10.6 Å². The third kappa shape index (κ3) is 2.80. The normalized spacial score (nSPS) is 26.1. The van der Waals surface area contributed by atoms with E-state index in [2.05, 4.69) is 9.88 Å². The average Bonchev–Trinajstić information content (AvgIpc) is 2.38. The molecule has 3 N–H and O–H groups in total. The summed E-state index contributed by atoms with van der Waals surface area (Å²) in [5, 5.41) is 9.26. The van der Waals surface area contributed by atoms with Crippen LogP contribution in [-0.4, -0.2) is 42.0 Å². The molecular weight excluding hydrogens is 230 g/mol. The van der Waals surface area contributed by atoms with Gasteiger partial charge in [-0.25, -0.2) is 4.98 Å². The van der Waals surface area contributed by atoms with E-state index in [0.29, 0.717) is 6.54 Å². The minimum absolute atomic E-state index is 0.0290. The maximum Gasteiger partial charge on any atom is 0.133 e. The fourth-order valence-corrected chi connectivity index (χ4v) is 2.35. The zero-order valence-corrected chi connectivity index (χ0v) is 10.9. The Kier molecular flexibility index (Phi) is 4.16. The van der Waals surface area contributed by atoms with Gasteiger partial charge >= 0.3 is 0 Å². The molecule has 1 aromatic rings. The highest BCUT2D eigenvalue weighted by Gasteiger charge is 2.27. The first-order chi connectivity index (χ1) is 8.61. The van der Waals surface area contributed by atoms with Crippen molar-refractivity contribution in [1.29, 1.82) is 0 Å². The first-order valence-electron chi connectivity index (χ1n) is 6.33. The maximum atomic E-state index is 9.26. The van der Waals surface area contributed by atoms with Gasteiger partial charge in [-0.15, -0.1) is 0 Å². The van der Waals surface area contributed by atoms with E-state index in [4.69, 9.17) is 10.5 Å². The SMILES string of the molecule is CC1CN(c2ncccc2[C@@H](C)N)CC(CO)O1. The van der Waals surface area contributed by atoms with Gasteiger partial charge in [0.05, 0.1) is 18.8 Å². The summed E-state index contributed by atoms with van der Waals surface area (Å²) in [4.78, 5) is 6.58. The first-order valence-corrected chi connectivity index (χ1v) is 6.33. The first kappa shape index (κ1) is 13.3. The van der Waals surface area contributed by atoms with Crippen molar-refractivity contribution in [2.45, 2.75) is 32.1 Å². The second-order valence-corrected chi connectivity index (χ2v) is 4.86. The van der Waals surface area contributed by atoms with Crippen LogP contribution >= 0.6 is 0 Å². The van der Waals surface area contributed by atoms with E-state index in [1.165, 1.54) is 0 Å². The number of ether oxygens (including phenoxy) is 1. The van der Waals surface area contributed by atoms with Crippen molar-refractivity contribution in [2.75, 3.05) is 24.6 Å². The molecule has 0 saturated carbocycles. The predicted molar refractivity (Wildman–Crippen MR) is 70.5 cm³/mol. The van der Waals surface area contributed by atoms with Crippen LogP contribution in [0.15, 0.2) is 18.3 Å². The van der Waals surface area contributed by atoms with E-state index in [1.807, 2.05) is 26.0 Å². The van der Waals surface area contributed by atoms with Gasteiger partial charge in [-0.05, 0) is 19.9 Å². The third-order valence-electron chi connectivity index (χ3n) is 3.14. The average molecular weight is 251 g/mol. The summed E-state index contributed by atoms with van der Waals surface area (Å²) >= 11 is 0. The summed E-state index contributed by atoms with van der Waals surface area (Å²) in [6.07, 6.45) is 1.70. The Balaban J connectivity index is 2.25. The molecule has 0 aromatic carbocycles. The third-order valence-corrected chi connectivity index (χ3v) is 3.14. The Bertz CT molecular complexity index is 398. The lowest BCUT2D eigenvalue weighted by Crippen LogP contribution is -2.48. The molecular formula is C13H21N3O2. The molecule has 18 heavy (non-hydrogen) atoms. The number of pyridine rings is 1. The second-order valence-electron chi connectivity index (χ2n) is 4.86. The number of aliphatic hydroxyl groups excluding tert-OH is 1. The van der Waals surface area contributed by atoms with Crippen LogP contribution in [0.5, 0.6) is 0 Å². The monoisotopic (exact) mass is 251 g/mol. The van der Waals surface area contributed by atoms with Crippen molar-refractivity contribution in [2.24, 2.45) is 5.73 Å². The number of morpholine rings is 1. The highest BCUT2D eigenvalue weighted by atomic mass is 16.5. The van der Waals surface area contributed by atoms with E-state index < -0.39 is 0 Å². The number of rotatable bonds is 3. The summed E-state index contributed by atoms with van der Waals surface area (Å²) in [5.41, 5.74) is 7.01. The van der Waals surface area contributed by atoms with Crippen molar-refractivity contribution in [3.63, 3.8) is 0 Å². The molecule has 5 heteroatoms. The molecule has 0 spiro atoms. The van der Waals surface area contributed by atoms with Crippen LogP contribution in [0.1, 0.15) is 25.5 Å². The van der Waals surface area contributed by atoms with Crippen molar-refractivity contribution in [3.05, 3.63) is 23.9 Å². The molecule has 100 valence electrons. The summed E-state index contributed by atoms with van der Waals surface area (Å²) in [6, 6.07) is 3.84. The molecule has 1 aliphatic heterocycles. The highest BCUT2D eigenvalue weighted by Crippen LogP contribution is 2.25. The minimum Gasteiger partial charge on any atom is -0.394 e. The minimum atomic E-state index is -0.156. The molecule has 1 saturated heterocycles. The van der Waals surface area contributed by atoms with Crippen molar-refractivity contribution in [1.82, 2.24) is 4.98 Å². The van der Waals surface area contributed by atoms with E-state index in [1.54, 1.807) is 6.20 Å². The van der Waals surface area contributed by atoms with Gasteiger partial charge in [0.1, 0.15) is 5.82 Å². The van der Waals surface area contributed by atoms with Gasteiger partial charge in [0.2, 0.25) is 0 Å². The fraction of sp³-hybridized carbons (Fsp3) is 0.615. The molecule has 5 nitrogen and oxygen atoms in total. The molecule has 1 fully saturated rings. The maximum absolute atomic E-state index is 9.26. The molecule has 3 atom stereocenters. The fourth-order valence-electron chi connectivity index (χ4n) is 2.35. The smallest absolute Gasteiger partial charge is 0.133 e. The molecule has 1 aliphatic rings. The lowest BCUT2D eigenvalue weighted by Gasteiger charge is -2.37. The number of aliphatic hydroxyl groups is 1. The second kappa shape index (κ2) is 5.65. The van der Waals surface area contributed by atoms with Gasteiger partial charge in [0.15, 0.2) is 0 Å². The number of hydrogen-bond donors (Lipinski definition) is 2. The molecule has 1 aromatic heterocycles. The van der Waals surface area contributed by atoms with E-state index in [0.717, 1.165) is 17.9 Å². The van der Waals surface area contributed by atoms with Crippen LogP contribution in [0.25, 0.3) is 0 Å². The summed E-state index contributed by atoms with van der Waals surface area (Å²) in [6.45, 7) is 5.41. The number of nitrogens with two attached hydrogens (primary N) is 1. The Morgan fingerprint density at radius 2 is 2.39 bits per heavy atom. The molecule has 2 rings (SSSR count). The Morgan fingerprint density at radius 1 is 1.61 bits per heavy atom. The predicted octanol–water partition coefficient (Wildman–Crippen LogP) is 0.687. The van der Waals surface area contributed by atoms with Gasteiger partial charge in [0.25, 0.3) is 0 Å². The van der Waals surface area contributed by atoms with Crippen molar-refractivity contribution < 1.29 is 9.84 Å². The van der Waals surface area contributed by atoms with Crippen LogP contribution in [0.2, 0.25) is 0 Å². The lowest BCUT2D eigenvalue weighted by atomic mass is 10.1. The Hall–Kier alpha value is -1.17. The van der Waals surface area contributed by atoms with Crippen LogP contribution in [-0.2, 0) is 4.74 Å². The largest absolute Gasteiger partial charge is 0.394 e. The Labute approximate surface area is 108 Å². The quantitative estimate of drug-likeness (QED) is 0.827. The summed E-state index contributed by atoms with van der Waals surface area (Å²) in [5.74, 6) is 0.904. The lowest BCUT2D eigenvalue weighted by molar-refractivity contribution is -0.0423. The van der Waals surface area contributed by atoms with Crippen molar-refractivity contribution in [3.8, 4) is 0 Å². The molecule has 0 aliphatic carbocycles. The molecule has 0 amide bonds. The number of hydrogen-bond acceptors (Lipinski definition) is 5. The van der Waals surface area contributed by atoms with Crippen LogP contribution in [0.3, 0.4) is 0 Å². The summed E-state index contributed by atoms with van der Waals surface area (Å²) in [7, 11) is 0. The summed E-state index contributed by atoms with van der Waals surface area (Å²) < 4.78 is 5.64. The highest BCUT2D eigenvalue weighted by molar-refractivity contribution is 5.48. The molecule has 2 unspecified atom stereocenters. The molecule has 2 heterocycles. The number of anilines is 1. The number of nitrogens with zero attached hydrogens (tertiary/aromatic N) is 2. The topological polar surface area (TPSA) is 71.6 Å². The standard InChI is InChI=1S/C13H21N3O2/c1-9-6-16(7-11(8-17)18-9)13-12(10(2)14)4-3-5-15-13/h3-5,9-11,17H,6-8,14H2,1-2H3/t9?,10-,11?/m1/s1. The zero-order chi connectivity index (χ0) is 13.1. The van der Waals surface area contributed by atoms with Gasteiger partial charge < -0.3 is 20.5 Å². The van der Waals surface area contributed by atoms with E-state index in [9.17, 15) is 5.11 Å². The van der Waals surface area contributed by atoms with Gasteiger partial charge in [-0.3, -0.25) is 0 Å². The van der Waals surface area contributed by atoms with Crippen LogP contribution in [0, 0.1) is 0 Å². The van der Waals surface area contributed by atoms with E-state index in [-0.39, 0.29) is 24.9 Å².